The Morgan fingerprint density at radius 1 is 1.15 bits per heavy atom. The Kier molecular flexibility index (Phi) is 9.04. The van der Waals surface area contributed by atoms with E-state index in [1.54, 1.807) is 6.08 Å². The van der Waals surface area contributed by atoms with Gasteiger partial charge in [-0.2, -0.15) is 0 Å². The lowest BCUT2D eigenvalue weighted by molar-refractivity contribution is 0.151. The number of aliphatic hydroxyl groups is 2. The fraction of sp³-hybridized carbons (Fsp3) is 0.412. The van der Waals surface area contributed by atoms with Gasteiger partial charge in [-0.25, -0.2) is 0 Å². The average molecular weight is 274 g/mol. The van der Waals surface area contributed by atoms with Gasteiger partial charge < -0.3 is 14.9 Å². The minimum Gasteiger partial charge on any atom is -0.490 e. The second-order valence-electron chi connectivity index (χ2n) is 4.40. The van der Waals surface area contributed by atoms with E-state index in [1.807, 2.05) is 36.4 Å². The second-order valence-corrected chi connectivity index (χ2v) is 4.40. The van der Waals surface area contributed by atoms with Gasteiger partial charge >= 0.3 is 0 Å². The van der Waals surface area contributed by atoms with Crippen molar-refractivity contribution in [2.75, 3.05) is 13.2 Å². The van der Waals surface area contributed by atoms with Gasteiger partial charge in [0, 0.05) is 6.61 Å². The van der Waals surface area contributed by atoms with Crippen LogP contribution in [-0.2, 0) is 0 Å². The molecule has 0 radical (unpaired) electrons. The number of benzene rings is 1. The molecule has 1 aromatic rings. The topological polar surface area (TPSA) is 49.7 Å². The Hall–Kier alpha value is -1.76. The van der Waals surface area contributed by atoms with Crippen LogP contribution in [0.5, 0.6) is 5.75 Å². The lowest BCUT2D eigenvalue weighted by atomic mass is 10.2. The summed E-state index contributed by atoms with van der Waals surface area (Å²) in [5.74, 6) is 6.24. The molecular formula is C17H22O3. The maximum absolute atomic E-state index is 9.62. The maximum atomic E-state index is 9.62. The first-order chi connectivity index (χ1) is 9.83. The average Bonchev–Trinajstić information content (AvgIpc) is 2.49. The highest BCUT2D eigenvalue weighted by atomic mass is 16.5. The number of para-hydroxylation sites is 1. The molecule has 0 aromatic heterocycles. The number of ether oxygens (including phenoxy) is 1. The minimum atomic E-state index is -0.783. The van der Waals surface area contributed by atoms with Crippen LogP contribution in [0.15, 0.2) is 42.5 Å². The number of unbranched alkanes of at least 4 members (excludes halogenated alkanes) is 3. The zero-order chi connectivity index (χ0) is 14.5. The Bertz CT molecular complexity index is 429. The predicted octanol–water partition coefficient (Wildman–Crippen LogP) is 2.54. The van der Waals surface area contributed by atoms with E-state index in [9.17, 15) is 5.11 Å². The molecule has 20 heavy (non-hydrogen) atoms. The number of allylic oxidation sites excluding steroid dienone is 2. The van der Waals surface area contributed by atoms with Gasteiger partial charge in [0.15, 0.2) is 0 Å². The fourth-order valence-electron chi connectivity index (χ4n) is 1.57. The lowest BCUT2D eigenvalue weighted by Gasteiger charge is -2.06. The van der Waals surface area contributed by atoms with E-state index >= 15 is 0 Å². The van der Waals surface area contributed by atoms with Crippen LogP contribution in [0.3, 0.4) is 0 Å². The molecule has 2 N–H and O–H groups in total. The van der Waals surface area contributed by atoms with Crippen molar-refractivity contribution in [1.82, 2.24) is 0 Å². The highest BCUT2D eigenvalue weighted by molar-refractivity contribution is 5.22. The molecular weight excluding hydrogens is 252 g/mol. The van der Waals surface area contributed by atoms with E-state index in [1.165, 1.54) is 0 Å². The Morgan fingerprint density at radius 2 is 1.95 bits per heavy atom. The summed E-state index contributed by atoms with van der Waals surface area (Å²) in [6.07, 6.45) is 6.84. The van der Waals surface area contributed by atoms with Crippen LogP contribution < -0.4 is 4.74 Å². The van der Waals surface area contributed by atoms with Crippen molar-refractivity contribution < 1.29 is 14.9 Å². The van der Waals surface area contributed by atoms with E-state index < -0.39 is 6.10 Å². The lowest BCUT2D eigenvalue weighted by Crippen LogP contribution is -2.14. The predicted molar refractivity (Wildman–Crippen MR) is 80.4 cm³/mol. The van der Waals surface area contributed by atoms with Crippen LogP contribution >= 0.6 is 0 Å². The monoisotopic (exact) mass is 274 g/mol. The summed E-state index contributed by atoms with van der Waals surface area (Å²) < 4.78 is 5.39. The maximum Gasteiger partial charge on any atom is 0.148 e. The van der Waals surface area contributed by atoms with Crippen LogP contribution in [0.1, 0.15) is 25.7 Å². The third-order valence-electron chi connectivity index (χ3n) is 2.63. The highest BCUT2D eigenvalue weighted by Gasteiger charge is 1.99. The summed E-state index contributed by atoms with van der Waals surface area (Å²) in [5.41, 5.74) is 0. The number of aliphatic hydroxyl groups excluding tert-OH is 2. The zero-order valence-electron chi connectivity index (χ0n) is 11.7. The Labute approximate surface area is 120 Å². The van der Waals surface area contributed by atoms with Crippen LogP contribution in [0.2, 0.25) is 0 Å². The third kappa shape index (κ3) is 8.36. The molecule has 1 atom stereocenters. The molecule has 1 aromatic carbocycles. The first-order valence-electron chi connectivity index (χ1n) is 6.96. The molecule has 0 saturated heterocycles. The minimum absolute atomic E-state index is 0.168. The van der Waals surface area contributed by atoms with Gasteiger partial charge in [-0.1, -0.05) is 42.5 Å². The largest absolute Gasteiger partial charge is 0.490 e. The molecule has 0 amide bonds. The third-order valence-corrected chi connectivity index (χ3v) is 2.63. The summed E-state index contributed by atoms with van der Waals surface area (Å²) in [6.45, 7) is 0.429. The molecule has 0 aliphatic rings. The molecule has 3 heteroatoms. The summed E-state index contributed by atoms with van der Waals surface area (Å²) in [6, 6.07) is 9.35. The summed E-state index contributed by atoms with van der Waals surface area (Å²) in [4.78, 5) is 0. The zero-order valence-corrected chi connectivity index (χ0v) is 11.7. The molecule has 0 bridgehead atoms. The van der Waals surface area contributed by atoms with E-state index in [4.69, 9.17) is 9.84 Å². The molecule has 0 spiro atoms. The first kappa shape index (κ1) is 16.3. The molecule has 1 unspecified atom stereocenters. The normalized spacial score (nSPS) is 11.9. The first-order valence-corrected chi connectivity index (χ1v) is 6.96. The van der Waals surface area contributed by atoms with Crippen LogP contribution in [-0.4, -0.2) is 29.5 Å². The summed E-state index contributed by atoms with van der Waals surface area (Å²) in [5, 5.41) is 18.2. The summed E-state index contributed by atoms with van der Waals surface area (Å²) in [7, 11) is 0. The van der Waals surface area contributed by atoms with E-state index in [-0.39, 0.29) is 13.2 Å². The van der Waals surface area contributed by atoms with Crippen LogP contribution in [0, 0.1) is 11.8 Å². The standard InChI is InChI=1S/C17H22O3/c18-14-10-5-3-1-2-4-7-11-16(19)15-20-17-12-8-6-9-13-17/h2,4,6,8-9,12-13,16,18-19H,1,3,5,10,14-15H2/b4-2+. The van der Waals surface area contributed by atoms with Crippen LogP contribution in [0.4, 0.5) is 0 Å². The molecule has 0 aliphatic heterocycles. The Morgan fingerprint density at radius 3 is 2.70 bits per heavy atom. The molecule has 0 aliphatic carbocycles. The van der Waals surface area contributed by atoms with Gasteiger partial charge in [0.05, 0.1) is 0 Å². The van der Waals surface area contributed by atoms with Crippen LogP contribution in [0.25, 0.3) is 0 Å². The van der Waals surface area contributed by atoms with Gasteiger partial charge in [-0.05, 0) is 37.5 Å². The fourth-order valence-corrected chi connectivity index (χ4v) is 1.57. The van der Waals surface area contributed by atoms with Crippen molar-refractivity contribution in [3.8, 4) is 17.6 Å². The molecule has 108 valence electrons. The molecule has 0 heterocycles. The summed E-state index contributed by atoms with van der Waals surface area (Å²) >= 11 is 0. The highest BCUT2D eigenvalue weighted by Crippen LogP contribution is 2.08. The van der Waals surface area contributed by atoms with Crippen molar-refractivity contribution >= 4 is 0 Å². The van der Waals surface area contributed by atoms with Gasteiger partial charge in [-0.15, -0.1) is 0 Å². The Balaban J connectivity index is 2.14. The van der Waals surface area contributed by atoms with Gasteiger partial charge in [0.25, 0.3) is 0 Å². The van der Waals surface area contributed by atoms with E-state index in [0.29, 0.717) is 0 Å². The molecule has 1 rings (SSSR count). The smallest absolute Gasteiger partial charge is 0.148 e. The van der Waals surface area contributed by atoms with Crippen molar-refractivity contribution in [3.63, 3.8) is 0 Å². The van der Waals surface area contributed by atoms with E-state index in [2.05, 4.69) is 11.8 Å². The van der Waals surface area contributed by atoms with E-state index in [0.717, 1.165) is 31.4 Å². The SMILES string of the molecule is OCCCCC/C=C/C#CC(O)COc1ccccc1. The second kappa shape index (κ2) is 11.1. The quantitative estimate of drug-likeness (QED) is 0.566. The van der Waals surface area contributed by atoms with Crippen molar-refractivity contribution in [1.29, 1.82) is 0 Å². The van der Waals surface area contributed by atoms with Crippen molar-refractivity contribution in [2.45, 2.75) is 31.8 Å². The number of rotatable bonds is 8. The van der Waals surface area contributed by atoms with Gasteiger partial charge in [0.2, 0.25) is 0 Å². The van der Waals surface area contributed by atoms with Gasteiger partial charge in [0.1, 0.15) is 18.5 Å². The van der Waals surface area contributed by atoms with Crippen molar-refractivity contribution in [3.05, 3.63) is 42.5 Å². The van der Waals surface area contributed by atoms with Gasteiger partial charge in [-0.3, -0.25) is 0 Å². The molecule has 0 saturated carbocycles. The van der Waals surface area contributed by atoms with Crippen molar-refractivity contribution in [2.24, 2.45) is 0 Å². The number of hydrogen-bond acceptors (Lipinski definition) is 3. The number of hydrogen-bond donors (Lipinski definition) is 2. The molecule has 0 fully saturated rings. The molecule has 3 nitrogen and oxygen atoms in total.